The van der Waals surface area contributed by atoms with Gasteiger partial charge in [-0.2, -0.15) is 0 Å². The summed E-state index contributed by atoms with van der Waals surface area (Å²) < 4.78 is 5.56. The van der Waals surface area contributed by atoms with E-state index in [0.717, 1.165) is 31.4 Å². The first kappa shape index (κ1) is 16.6. The van der Waals surface area contributed by atoms with Crippen molar-refractivity contribution in [1.29, 1.82) is 0 Å². The van der Waals surface area contributed by atoms with Gasteiger partial charge < -0.3 is 9.73 Å². The molecule has 1 aliphatic carbocycles. The molecule has 1 saturated carbocycles. The molecule has 1 N–H and O–H groups in total. The molecule has 0 aliphatic heterocycles. The second-order valence-electron chi connectivity index (χ2n) is 6.60. The molecule has 0 atom stereocenters. The summed E-state index contributed by atoms with van der Waals surface area (Å²) in [5.41, 5.74) is 0.393. The van der Waals surface area contributed by atoms with Crippen LogP contribution < -0.4 is 5.32 Å². The van der Waals surface area contributed by atoms with Crippen LogP contribution in [0.1, 0.15) is 58.6 Å². The van der Waals surface area contributed by atoms with Crippen molar-refractivity contribution in [2.24, 2.45) is 5.41 Å². The molecule has 0 bridgehead atoms. The monoisotopic (exact) mass is 292 g/mol. The molecule has 0 saturated heterocycles. The van der Waals surface area contributed by atoms with Crippen molar-refractivity contribution in [3.8, 4) is 0 Å². The van der Waals surface area contributed by atoms with Gasteiger partial charge in [0.1, 0.15) is 5.76 Å². The normalized spacial score (nSPS) is 15.8. The molecule has 0 unspecified atom stereocenters. The van der Waals surface area contributed by atoms with E-state index in [1.165, 1.54) is 38.6 Å². The van der Waals surface area contributed by atoms with E-state index in [1.807, 2.05) is 6.07 Å². The SMILES string of the molecule is CCCNCC(CC)(CC)CN(Cc1ccco1)C1CC1. The Kier molecular flexibility index (Phi) is 6.31. The van der Waals surface area contributed by atoms with E-state index in [9.17, 15) is 0 Å². The molecule has 120 valence electrons. The summed E-state index contributed by atoms with van der Waals surface area (Å²) in [6.45, 7) is 11.3. The van der Waals surface area contributed by atoms with Gasteiger partial charge in [0.05, 0.1) is 12.8 Å². The summed E-state index contributed by atoms with van der Waals surface area (Å²) in [7, 11) is 0. The highest BCUT2D eigenvalue weighted by Gasteiger charge is 2.36. The van der Waals surface area contributed by atoms with Crippen molar-refractivity contribution in [3.05, 3.63) is 24.2 Å². The van der Waals surface area contributed by atoms with E-state index >= 15 is 0 Å². The fourth-order valence-electron chi connectivity index (χ4n) is 3.10. The largest absolute Gasteiger partial charge is 0.468 e. The van der Waals surface area contributed by atoms with Crippen LogP contribution in [0.5, 0.6) is 0 Å². The van der Waals surface area contributed by atoms with E-state index < -0.39 is 0 Å². The van der Waals surface area contributed by atoms with Gasteiger partial charge in [-0.1, -0.05) is 20.8 Å². The third-order valence-electron chi connectivity index (χ3n) is 4.97. The van der Waals surface area contributed by atoms with Crippen LogP contribution in [-0.2, 0) is 6.54 Å². The molecular weight excluding hydrogens is 260 g/mol. The van der Waals surface area contributed by atoms with Crippen LogP contribution in [0.4, 0.5) is 0 Å². The Balaban J connectivity index is 1.97. The summed E-state index contributed by atoms with van der Waals surface area (Å²) in [6.07, 6.45) is 8.18. The zero-order valence-corrected chi connectivity index (χ0v) is 14.0. The van der Waals surface area contributed by atoms with Gasteiger partial charge >= 0.3 is 0 Å². The smallest absolute Gasteiger partial charge is 0.117 e. The zero-order valence-electron chi connectivity index (χ0n) is 14.0. The summed E-state index contributed by atoms with van der Waals surface area (Å²) in [5.74, 6) is 1.10. The van der Waals surface area contributed by atoms with Crippen LogP contribution in [0.2, 0.25) is 0 Å². The Bertz CT molecular complexity index is 380. The minimum atomic E-state index is 0.393. The molecular formula is C18H32N2O. The van der Waals surface area contributed by atoms with E-state index in [0.29, 0.717) is 5.41 Å². The topological polar surface area (TPSA) is 28.4 Å². The first-order valence-electron chi connectivity index (χ1n) is 8.70. The molecule has 1 aromatic heterocycles. The quantitative estimate of drug-likeness (QED) is 0.624. The van der Waals surface area contributed by atoms with E-state index in [1.54, 1.807) is 6.26 Å². The van der Waals surface area contributed by atoms with Crippen molar-refractivity contribution in [2.45, 2.75) is 65.5 Å². The molecule has 1 aromatic rings. The maximum atomic E-state index is 5.56. The average Bonchev–Trinajstić information content (AvgIpc) is 3.23. The molecule has 0 radical (unpaired) electrons. The highest BCUT2D eigenvalue weighted by Crippen LogP contribution is 2.34. The lowest BCUT2D eigenvalue weighted by Crippen LogP contribution is -2.44. The Hall–Kier alpha value is -0.800. The molecule has 3 nitrogen and oxygen atoms in total. The van der Waals surface area contributed by atoms with Crippen LogP contribution in [0.25, 0.3) is 0 Å². The Morgan fingerprint density at radius 1 is 1.29 bits per heavy atom. The van der Waals surface area contributed by atoms with Crippen LogP contribution >= 0.6 is 0 Å². The standard InChI is InChI=1S/C18H32N2O/c1-4-11-19-14-18(5-2,6-3)15-20(16-9-10-16)13-17-8-7-12-21-17/h7-8,12,16,19H,4-6,9-11,13-15H2,1-3H3. The summed E-state index contributed by atoms with van der Waals surface area (Å²) in [4.78, 5) is 2.65. The lowest BCUT2D eigenvalue weighted by Gasteiger charge is -2.37. The van der Waals surface area contributed by atoms with Gasteiger partial charge in [0.2, 0.25) is 0 Å². The maximum absolute atomic E-state index is 5.56. The van der Waals surface area contributed by atoms with E-state index in [4.69, 9.17) is 4.42 Å². The third kappa shape index (κ3) is 4.86. The van der Waals surface area contributed by atoms with Crippen molar-refractivity contribution in [2.75, 3.05) is 19.6 Å². The summed E-state index contributed by atoms with van der Waals surface area (Å²) in [5, 5.41) is 3.65. The fraction of sp³-hybridized carbons (Fsp3) is 0.778. The molecule has 1 fully saturated rings. The molecule has 0 amide bonds. The third-order valence-corrected chi connectivity index (χ3v) is 4.97. The van der Waals surface area contributed by atoms with Crippen LogP contribution in [0.15, 0.2) is 22.8 Å². The number of nitrogens with zero attached hydrogens (tertiary/aromatic N) is 1. The molecule has 2 rings (SSSR count). The number of nitrogens with one attached hydrogen (secondary N) is 1. The molecule has 0 aromatic carbocycles. The zero-order chi connectivity index (χ0) is 15.1. The van der Waals surface area contributed by atoms with Gasteiger partial charge in [-0.25, -0.2) is 0 Å². The van der Waals surface area contributed by atoms with Crippen LogP contribution in [-0.4, -0.2) is 30.6 Å². The first-order chi connectivity index (χ1) is 10.2. The number of furan rings is 1. The Morgan fingerprint density at radius 3 is 2.57 bits per heavy atom. The van der Waals surface area contributed by atoms with Gasteiger partial charge in [0.25, 0.3) is 0 Å². The highest BCUT2D eigenvalue weighted by molar-refractivity contribution is 5.01. The average molecular weight is 292 g/mol. The summed E-state index contributed by atoms with van der Waals surface area (Å²) >= 11 is 0. The fourth-order valence-corrected chi connectivity index (χ4v) is 3.10. The maximum Gasteiger partial charge on any atom is 0.117 e. The van der Waals surface area contributed by atoms with Crippen LogP contribution in [0, 0.1) is 5.41 Å². The van der Waals surface area contributed by atoms with Gasteiger partial charge in [-0.15, -0.1) is 0 Å². The lowest BCUT2D eigenvalue weighted by molar-refractivity contribution is 0.116. The molecule has 3 heteroatoms. The Morgan fingerprint density at radius 2 is 2.05 bits per heavy atom. The van der Waals surface area contributed by atoms with E-state index in [-0.39, 0.29) is 0 Å². The van der Waals surface area contributed by atoms with Gasteiger partial charge in [-0.05, 0) is 56.2 Å². The second-order valence-corrected chi connectivity index (χ2v) is 6.60. The minimum Gasteiger partial charge on any atom is -0.468 e. The molecule has 21 heavy (non-hydrogen) atoms. The molecule has 0 spiro atoms. The minimum absolute atomic E-state index is 0.393. The number of hydrogen-bond donors (Lipinski definition) is 1. The second kappa shape index (κ2) is 8.00. The number of hydrogen-bond acceptors (Lipinski definition) is 3. The van der Waals surface area contributed by atoms with Gasteiger partial charge in [0, 0.05) is 19.1 Å². The molecule has 1 heterocycles. The Labute approximate surface area is 130 Å². The predicted molar refractivity (Wildman–Crippen MR) is 88.3 cm³/mol. The predicted octanol–water partition coefficient (Wildman–Crippen LogP) is 4.05. The number of rotatable bonds is 11. The van der Waals surface area contributed by atoms with Crippen molar-refractivity contribution >= 4 is 0 Å². The lowest BCUT2D eigenvalue weighted by atomic mass is 9.81. The first-order valence-corrected chi connectivity index (χ1v) is 8.70. The van der Waals surface area contributed by atoms with Gasteiger partial charge in [0.15, 0.2) is 0 Å². The van der Waals surface area contributed by atoms with Crippen molar-refractivity contribution in [1.82, 2.24) is 10.2 Å². The summed E-state index contributed by atoms with van der Waals surface area (Å²) in [6, 6.07) is 4.87. The van der Waals surface area contributed by atoms with E-state index in [2.05, 4.69) is 37.1 Å². The van der Waals surface area contributed by atoms with Crippen molar-refractivity contribution in [3.63, 3.8) is 0 Å². The molecule has 1 aliphatic rings. The van der Waals surface area contributed by atoms with Crippen LogP contribution in [0.3, 0.4) is 0 Å². The highest BCUT2D eigenvalue weighted by atomic mass is 16.3. The van der Waals surface area contributed by atoms with Crippen molar-refractivity contribution < 1.29 is 4.42 Å². The van der Waals surface area contributed by atoms with Gasteiger partial charge in [-0.3, -0.25) is 4.90 Å².